The molecule has 224 valence electrons. The molecule has 0 saturated heterocycles. The third kappa shape index (κ3) is 13.3. The van der Waals surface area contributed by atoms with Crippen LogP contribution < -0.4 is 0 Å². The van der Waals surface area contributed by atoms with Crippen molar-refractivity contribution >= 4 is 58.8 Å². The van der Waals surface area contributed by atoms with E-state index < -0.39 is 0 Å². The van der Waals surface area contributed by atoms with Gasteiger partial charge in [0.2, 0.25) is 0 Å². The minimum Gasteiger partial charge on any atom is -0.372 e. The molecule has 0 spiro atoms. The molecular formula is C36H38O2S5. The van der Waals surface area contributed by atoms with E-state index in [-0.39, 0.29) is 12.2 Å². The molecule has 0 radical (unpaired) electrons. The SMILES string of the molecule is C=CCOC(CSc1ccccc1)CSc1ccc(Sc2ccc(SCC(CSc3ccccc3)OCC=C)cc2)cc1. The first-order valence-electron chi connectivity index (χ1n) is 14.2. The Bertz CT molecular complexity index is 1230. The molecule has 2 atom stereocenters. The van der Waals surface area contributed by atoms with Crippen LogP contribution in [0.25, 0.3) is 0 Å². The number of ether oxygens (including phenoxy) is 2. The van der Waals surface area contributed by atoms with E-state index in [1.807, 2.05) is 71.3 Å². The number of thioether (sulfide) groups is 4. The first-order valence-corrected chi connectivity index (χ1v) is 18.9. The van der Waals surface area contributed by atoms with Crippen molar-refractivity contribution in [2.75, 3.05) is 36.2 Å². The summed E-state index contributed by atoms with van der Waals surface area (Å²) in [5.74, 6) is 3.65. The van der Waals surface area contributed by atoms with E-state index in [0.29, 0.717) is 13.2 Å². The molecule has 0 aliphatic heterocycles. The summed E-state index contributed by atoms with van der Waals surface area (Å²) in [6.45, 7) is 8.77. The molecule has 7 heteroatoms. The van der Waals surface area contributed by atoms with Crippen molar-refractivity contribution in [3.05, 3.63) is 135 Å². The second-order valence-corrected chi connectivity index (χ2v) is 14.9. The number of benzene rings is 4. The summed E-state index contributed by atoms with van der Waals surface area (Å²) in [6.07, 6.45) is 3.96. The lowest BCUT2D eigenvalue weighted by Crippen LogP contribution is -2.19. The average molecular weight is 663 g/mol. The summed E-state index contributed by atoms with van der Waals surface area (Å²) in [5.41, 5.74) is 0. The van der Waals surface area contributed by atoms with Crippen LogP contribution in [0.5, 0.6) is 0 Å². The summed E-state index contributed by atoms with van der Waals surface area (Å²) in [7, 11) is 0. The van der Waals surface area contributed by atoms with Crippen molar-refractivity contribution in [1.29, 1.82) is 0 Å². The molecule has 4 aromatic carbocycles. The molecule has 0 N–H and O–H groups in total. The highest BCUT2D eigenvalue weighted by molar-refractivity contribution is 8.01. The molecule has 0 heterocycles. The molecule has 0 bridgehead atoms. The normalized spacial score (nSPS) is 12.5. The lowest BCUT2D eigenvalue weighted by molar-refractivity contribution is 0.109. The first kappa shape index (κ1) is 33.9. The third-order valence-electron chi connectivity index (χ3n) is 6.01. The maximum Gasteiger partial charge on any atom is 0.0766 e. The molecule has 0 amide bonds. The zero-order valence-corrected chi connectivity index (χ0v) is 28.3. The van der Waals surface area contributed by atoms with Gasteiger partial charge in [-0.1, -0.05) is 60.3 Å². The maximum absolute atomic E-state index is 6.05. The fourth-order valence-electron chi connectivity index (χ4n) is 3.83. The Morgan fingerprint density at radius 3 is 1.07 bits per heavy atom. The zero-order valence-electron chi connectivity index (χ0n) is 24.2. The van der Waals surface area contributed by atoms with Crippen LogP contribution in [-0.4, -0.2) is 48.4 Å². The number of hydrogen-bond donors (Lipinski definition) is 0. The summed E-state index contributed by atoms with van der Waals surface area (Å²) < 4.78 is 12.1. The highest BCUT2D eigenvalue weighted by Crippen LogP contribution is 2.32. The van der Waals surface area contributed by atoms with E-state index >= 15 is 0 Å². The second kappa shape index (κ2) is 20.1. The van der Waals surface area contributed by atoms with Crippen molar-refractivity contribution in [3.8, 4) is 0 Å². The highest BCUT2D eigenvalue weighted by atomic mass is 32.2. The van der Waals surface area contributed by atoms with E-state index in [0.717, 1.165) is 23.0 Å². The van der Waals surface area contributed by atoms with Gasteiger partial charge in [0.25, 0.3) is 0 Å². The smallest absolute Gasteiger partial charge is 0.0766 e. The van der Waals surface area contributed by atoms with Crippen LogP contribution in [0.4, 0.5) is 0 Å². The molecule has 0 fully saturated rings. The van der Waals surface area contributed by atoms with Gasteiger partial charge in [0.15, 0.2) is 0 Å². The third-order valence-corrected chi connectivity index (χ3v) is 11.6. The maximum atomic E-state index is 6.05. The predicted octanol–water partition coefficient (Wildman–Crippen LogP) is 10.7. The van der Waals surface area contributed by atoms with Crippen molar-refractivity contribution in [2.24, 2.45) is 0 Å². The van der Waals surface area contributed by atoms with Crippen LogP contribution in [-0.2, 0) is 9.47 Å². The van der Waals surface area contributed by atoms with Crippen LogP contribution in [0.1, 0.15) is 0 Å². The largest absolute Gasteiger partial charge is 0.372 e. The van der Waals surface area contributed by atoms with Gasteiger partial charge in [-0.25, -0.2) is 0 Å². The van der Waals surface area contributed by atoms with Gasteiger partial charge in [-0.3, -0.25) is 0 Å². The second-order valence-electron chi connectivity index (χ2n) is 9.40. The van der Waals surface area contributed by atoms with E-state index in [2.05, 4.69) is 110 Å². The Morgan fingerprint density at radius 2 is 0.744 bits per heavy atom. The summed E-state index contributed by atoms with van der Waals surface area (Å²) in [6, 6.07) is 38.7. The molecule has 0 aromatic heterocycles. The lowest BCUT2D eigenvalue weighted by atomic mass is 10.4. The van der Waals surface area contributed by atoms with Crippen LogP contribution >= 0.6 is 58.8 Å². The Hall–Kier alpha value is -1.97. The molecule has 2 unspecified atom stereocenters. The van der Waals surface area contributed by atoms with Gasteiger partial charge in [-0.15, -0.1) is 60.2 Å². The first-order chi connectivity index (χ1) is 21.2. The van der Waals surface area contributed by atoms with Gasteiger partial charge in [0, 0.05) is 52.4 Å². The van der Waals surface area contributed by atoms with E-state index in [1.165, 1.54) is 29.4 Å². The van der Waals surface area contributed by atoms with Crippen LogP contribution in [0, 0.1) is 0 Å². The molecule has 0 saturated carbocycles. The predicted molar refractivity (Wildman–Crippen MR) is 193 cm³/mol. The van der Waals surface area contributed by atoms with E-state index in [4.69, 9.17) is 9.47 Å². The van der Waals surface area contributed by atoms with Crippen LogP contribution in [0.15, 0.2) is 164 Å². The van der Waals surface area contributed by atoms with Crippen molar-refractivity contribution in [1.82, 2.24) is 0 Å². The van der Waals surface area contributed by atoms with Crippen molar-refractivity contribution in [3.63, 3.8) is 0 Å². The van der Waals surface area contributed by atoms with E-state index in [1.54, 1.807) is 11.8 Å². The van der Waals surface area contributed by atoms with Gasteiger partial charge in [-0.05, 0) is 72.8 Å². The van der Waals surface area contributed by atoms with E-state index in [9.17, 15) is 0 Å². The summed E-state index contributed by atoms with van der Waals surface area (Å²) in [5, 5.41) is 0. The number of rotatable bonds is 20. The van der Waals surface area contributed by atoms with Crippen LogP contribution in [0.3, 0.4) is 0 Å². The lowest BCUT2D eigenvalue weighted by Gasteiger charge is -2.17. The Kier molecular flexibility index (Phi) is 15.9. The molecular weight excluding hydrogens is 625 g/mol. The zero-order chi connectivity index (χ0) is 30.0. The Balaban J connectivity index is 1.22. The van der Waals surface area contributed by atoms with Gasteiger partial charge in [0.05, 0.1) is 25.4 Å². The van der Waals surface area contributed by atoms with Crippen LogP contribution in [0.2, 0.25) is 0 Å². The number of hydrogen-bond acceptors (Lipinski definition) is 7. The molecule has 43 heavy (non-hydrogen) atoms. The molecule has 0 aliphatic rings. The summed E-state index contributed by atoms with van der Waals surface area (Å²) in [4.78, 5) is 7.53. The fraction of sp³-hybridized carbons (Fsp3) is 0.222. The van der Waals surface area contributed by atoms with Gasteiger partial charge in [-0.2, -0.15) is 0 Å². The molecule has 2 nitrogen and oxygen atoms in total. The van der Waals surface area contributed by atoms with Gasteiger partial charge in [0.1, 0.15) is 0 Å². The summed E-state index contributed by atoms with van der Waals surface area (Å²) >= 11 is 9.16. The topological polar surface area (TPSA) is 18.5 Å². The minimum atomic E-state index is 0.157. The van der Waals surface area contributed by atoms with Crippen molar-refractivity contribution in [2.45, 2.75) is 41.6 Å². The quantitative estimate of drug-likeness (QED) is 0.0684. The molecule has 0 aliphatic carbocycles. The standard InChI is InChI=1S/C36H38O2S5/c1-3-23-37-29(25-39-31-11-7-5-8-12-31)27-41-33-15-19-35(20-16-33)43-36-21-17-34(18-22-36)42-28-30(38-24-4-2)26-40-32-13-9-6-10-14-32/h3-22,29-30H,1-2,23-28H2. The Morgan fingerprint density at radius 1 is 0.442 bits per heavy atom. The molecule has 4 rings (SSSR count). The van der Waals surface area contributed by atoms with Crippen molar-refractivity contribution < 1.29 is 9.47 Å². The fourth-order valence-corrected chi connectivity index (χ4v) is 8.67. The highest BCUT2D eigenvalue weighted by Gasteiger charge is 2.12. The average Bonchev–Trinajstić information content (AvgIpc) is 3.06. The van der Waals surface area contributed by atoms with Gasteiger partial charge >= 0.3 is 0 Å². The van der Waals surface area contributed by atoms with Gasteiger partial charge < -0.3 is 9.47 Å². The monoisotopic (exact) mass is 662 g/mol. The Labute approximate surface area is 278 Å². The minimum absolute atomic E-state index is 0.157. The molecule has 4 aromatic rings.